The van der Waals surface area contributed by atoms with Gasteiger partial charge in [0.1, 0.15) is 5.82 Å². The molecule has 3 heterocycles. The lowest BCUT2D eigenvalue weighted by Crippen LogP contribution is -2.41. The second kappa shape index (κ2) is 6.34. The highest BCUT2D eigenvalue weighted by atomic mass is 16.3. The lowest BCUT2D eigenvalue weighted by molar-refractivity contribution is 0.175. The topological polar surface area (TPSA) is 56.6 Å². The van der Waals surface area contributed by atoms with Gasteiger partial charge < -0.3 is 19.9 Å². The van der Waals surface area contributed by atoms with Crippen molar-refractivity contribution in [2.45, 2.75) is 51.9 Å². The molecule has 6 nitrogen and oxygen atoms in total. The van der Waals surface area contributed by atoms with Crippen molar-refractivity contribution in [3.63, 3.8) is 0 Å². The molecule has 1 aromatic heterocycles. The summed E-state index contributed by atoms with van der Waals surface area (Å²) in [6, 6.07) is 0. The number of fused-ring (bicyclic) bond motifs is 3. The van der Waals surface area contributed by atoms with Gasteiger partial charge in [0.05, 0.1) is 25.0 Å². The van der Waals surface area contributed by atoms with Crippen LogP contribution in [0.3, 0.4) is 0 Å². The van der Waals surface area contributed by atoms with Crippen molar-refractivity contribution < 1.29 is 5.11 Å². The Balaban J connectivity index is 1.63. The van der Waals surface area contributed by atoms with Gasteiger partial charge in [-0.3, -0.25) is 4.90 Å². The van der Waals surface area contributed by atoms with Crippen LogP contribution >= 0.6 is 0 Å². The van der Waals surface area contributed by atoms with Crippen LogP contribution in [0.25, 0.3) is 0 Å². The van der Waals surface area contributed by atoms with Gasteiger partial charge >= 0.3 is 0 Å². The van der Waals surface area contributed by atoms with Crippen LogP contribution in [0.5, 0.6) is 0 Å². The number of unbranched alkanes of at least 4 members (excludes halogenated alkanes) is 1. The Bertz CT molecular complexity index is 485. The highest BCUT2D eigenvalue weighted by Gasteiger charge is 2.27. The Hall–Kier alpha value is -1.11. The molecular formula is C15H27N5O. The lowest BCUT2D eigenvalue weighted by atomic mass is 10.1. The highest BCUT2D eigenvalue weighted by molar-refractivity contribution is 5.47. The number of aromatic nitrogens is 2. The molecule has 2 aliphatic heterocycles. The van der Waals surface area contributed by atoms with E-state index >= 15 is 0 Å². The summed E-state index contributed by atoms with van der Waals surface area (Å²) in [7, 11) is 2.13. The van der Waals surface area contributed by atoms with Crippen LogP contribution in [0, 0.1) is 0 Å². The average molecular weight is 293 g/mol. The van der Waals surface area contributed by atoms with E-state index in [0.717, 1.165) is 64.5 Å². The summed E-state index contributed by atoms with van der Waals surface area (Å²) >= 11 is 0. The molecule has 0 fully saturated rings. The van der Waals surface area contributed by atoms with Crippen LogP contribution in [-0.2, 0) is 19.6 Å². The van der Waals surface area contributed by atoms with Crippen molar-refractivity contribution in [3.8, 4) is 0 Å². The predicted octanol–water partition coefficient (Wildman–Crippen LogP) is 0.747. The number of nitrogens with one attached hydrogen (secondary N) is 1. The van der Waals surface area contributed by atoms with Gasteiger partial charge in [-0.05, 0) is 26.2 Å². The number of nitrogens with zero attached hydrogens (tertiary/aromatic N) is 4. The van der Waals surface area contributed by atoms with Crippen LogP contribution in [0.1, 0.15) is 37.7 Å². The molecule has 0 amide bonds. The fourth-order valence-corrected chi connectivity index (χ4v) is 3.33. The summed E-state index contributed by atoms with van der Waals surface area (Å²) in [5.41, 5.74) is 1.37. The van der Waals surface area contributed by atoms with Crippen molar-refractivity contribution in [2.75, 3.05) is 31.7 Å². The van der Waals surface area contributed by atoms with Gasteiger partial charge in [-0.2, -0.15) is 0 Å². The molecule has 118 valence electrons. The molecule has 0 unspecified atom stereocenters. The van der Waals surface area contributed by atoms with Gasteiger partial charge in [0.25, 0.3) is 0 Å². The first-order chi connectivity index (χ1) is 10.1. The van der Waals surface area contributed by atoms with Crippen molar-refractivity contribution in [1.82, 2.24) is 19.8 Å². The molecule has 2 aliphatic rings. The minimum Gasteiger partial charge on any atom is -0.393 e. The summed E-state index contributed by atoms with van der Waals surface area (Å²) in [5.74, 6) is 2.34. The zero-order chi connectivity index (χ0) is 14.8. The van der Waals surface area contributed by atoms with Crippen LogP contribution in [0.4, 0.5) is 5.82 Å². The number of hydrogen-bond donors (Lipinski definition) is 2. The molecule has 0 saturated heterocycles. The number of aliphatic hydroxyl groups is 1. The zero-order valence-corrected chi connectivity index (χ0v) is 13.2. The monoisotopic (exact) mass is 293 g/mol. The molecule has 1 atom stereocenters. The molecule has 2 N–H and O–H groups in total. The SMILES string of the molecule is C[C@@H](O)CCCCN1Cc2c(nc3n2CCNC3)N(C)C1. The fourth-order valence-electron chi connectivity index (χ4n) is 3.33. The molecule has 1 aromatic rings. The van der Waals surface area contributed by atoms with E-state index in [9.17, 15) is 5.11 Å². The molecule has 6 heteroatoms. The number of imidazole rings is 1. The summed E-state index contributed by atoms with van der Waals surface area (Å²) in [4.78, 5) is 9.54. The van der Waals surface area contributed by atoms with E-state index in [0.29, 0.717) is 0 Å². The quantitative estimate of drug-likeness (QED) is 0.785. The van der Waals surface area contributed by atoms with Gasteiger partial charge in [0.2, 0.25) is 0 Å². The molecule has 0 aromatic carbocycles. The van der Waals surface area contributed by atoms with Crippen molar-refractivity contribution in [2.24, 2.45) is 0 Å². The minimum atomic E-state index is -0.171. The lowest BCUT2D eigenvalue weighted by Gasteiger charge is -2.34. The third-order valence-corrected chi connectivity index (χ3v) is 4.42. The second-order valence-electron chi connectivity index (χ2n) is 6.36. The largest absolute Gasteiger partial charge is 0.393 e. The predicted molar refractivity (Wildman–Crippen MR) is 83.1 cm³/mol. The van der Waals surface area contributed by atoms with Crippen LogP contribution in [0.2, 0.25) is 0 Å². The molecule has 0 saturated carbocycles. The number of anilines is 1. The highest BCUT2D eigenvalue weighted by Crippen LogP contribution is 2.28. The molecule has 0 spiro atoms. The molecule has 0 bridgehead atoms. The standard InChI is InChI=1S/C15H27N5O/c1-12(21)5-3-4-7-19-10-13-15(18(2)11-19)17-14-9-16-6-8-20(13)14/h12,16,21H,3-11H2,1-2H3/t12-/m1/s1. The maximum atomic E-state index is 9.33. The van der Waals surface area contributed by atoms with Gasteiger partial charge in [-0.1, -0.05) is 0 Å². The van der Waals surface area contributed by atoms with E-state index in [-0.39, 0.29) is 6.10 Å². The van der Waals surface area contributed by atoms with Gasteiger partial charge in [-0.25, -0.2) is 4.98 Å². The zero-order valence-electron chi connectivity index (χ0n) is 13.2. The van der Waals surface area contributed by atoms with Gasteiger partial charge in [-0.15, -0.1) is 0 Å². The summed E-state index contributed by atoms with van der Waals surface area (Å²) in [5, 5.41) is 12.7. The normalized spacial score (nSPS) is 20.2. The van der Waals surface area contributed by atoms with Crippen molar-refractivity contribution in [3.05, 3.63) is 11.5 Å². The molecule has 3 rings (SSSR count). The summed E-state index contributed by atoms with van der Waals surface area (Å²) in [6.07, 6.45) is 2.98. The van der Waals surface area contributed by atoms with E-state index < -0.39 is 0 Å². The second-order valence-corrected chi connectivity index (χ2v) is 6.36. The Kier molecular flexibility index (Phi) is 4.47. The Morgan fingerprint density at radius 1 is 1.38 bits per heavy atom. The molecule has 0 radical (unpaired) electrons. The van der Waals surface area contributed by atoms with E-state index in [2.05, 4.69) is 26.7 Å². The van der Waals surface area contributed by atoms with E-state index in [1.54, 1.807) is 0 Å². The third-order valence-electron chi connectivity index (χ3n) is 4.42. The first kappa shape index (κ1) is 14.8. The van der Waals surface area contributed by atoms with Crippen LogP contribution in [-0.4, -0.2) is 52.5 Å². The van der Waals surface area contributed by atoms with Crippen LogP contribution in [0.15, 0.2) is 0 Å². The Morgan fingerprint density at radius 2 is 2.24 bits per heavy atom. The average Bonchev–Trinajstić information content (AvgIpc) is 2.83. The number of aliphatic hydroxyl groups excluding tert-OH is 1. The van der Waals surface area contributed by atoms with Crippen molar-refractivity contribution >= 4 is 5.82 Å². The molecular weight excluding hydrogens is 266 g/mol. The van der Waals surface area contributed by atoms with Crippen molar-refractivity contribution in [1.29, 1.82) is 0 Å². The van der Waals surface area contributed by atoms with E-state index in [4.69, 9.17) is 4.98 Å². The third kappa shape index (κ3) is 3.22. The maximum absolute atomic E-state index is 9.33. The number of hydrogen-bond acceptors (Lipinski definition) is 5. The van der Waals surface area contributed by atoms with Crippen LogP contribution < -0.4 is 10.2 Å². The number of rotatable bonds is 5. The first-order valence-corrected chi connectivity index (χ1v) is 8.05. The Morgan fingerprint density at radius 3 is 3.05 bits per heavy atom. The summed E-state index contributed by atoms with van der Waals surface area (Å²) < 4.78 is 2.39. The first-order valence-electron chi connectivity index (χ1n) is 8.05. The summed E-state index contributed by atoms with van der Waals surface area (Å²) in [6.45, 7) is 7.86. The molecule has 0 aliphatic carbocycles. The smallest absolute Gasteiger partial charge is 0.152 e. The minimum absolute atomic E-state index is 0.171. The van der Waals surface area contributed by atoms with E-state index in [1.807, 2.05) is 6.92 Å². The Labute approximate surface area is 126 Å². The maximum Gasteiger partial charge on any atom is 0.152 e. The van der Waals surface area contributed by atoms with Gasteiger partial charge in [0, 0.05) is 33.2 Å². The van der Waals surface area contributed by atoms with Gasteiger partial charge in [0.15, 0.2) is 5.82 Å². The fraction of sp³-hybridized carbons (Fsp3) is 0.800. The van der Waals surface area contributed by atoms with E-state index in [1.165, 1.54) is 11.5 Å². The molecule has 21 heavy (non-hydrogen) atoms.